The van der Waals surface area contributed by atoms with Crippen LogP contribution in [0.5, 0.6) is 0 Å². The highest BCUT2D eigenvalue weighted by molar-refractivity contribution is 5.79. The van der Waals surface area contributed by atoms with Crippen LogP contribution in [0.15, 0.2) is 49.0 Å². The average molecular weight is 306 g/mol. The molecular weight excluding hydrogens is 296 g/mol. The van der Waals surface area contributed by atoms with Crippen molar-refractivity contribution in [1.29, 1.82) is 10.5 Å². The van der Waals surface area contributed by atoms with Crippen LogP contribution in [0.4, 0.5) is 0 Å². The smallest absolute Gasteiger partial charge is 0.192 e. The second kappa shape index (κ2) is 7.24. The first-order chi connectivity index (χ1) is 11.7. The quantitative estimate of drug-likeness (QED) is 0.801. The van der Waals surface area contributed by atoms with Crippen LogP contribution in [-0.2, 0) is 0 Å². The van der Waals surface area contributed by atoms with Gasteiger partial charge in [-0.2, -0.15) is 20.2 Å². The van der Waals surface area contributed by atoms with Gasteiger partial charge in [-0.15, -0.1) is 0 Å². The molecule has 2 aromatic rings. The van der Waals surface area contributed by atoms with Gasteiger partial charge in [0.05, 0.1) is 5.22 Å². The van der Waals surface area contributed by atoms with Crippen molar-refractivity contribution < 1.29 is 0 Å². The predicted molar refractivity (Wildman–Crippen MR) is 92.5 cm³/mol. The zero-order valence-corrected chi connectivity index (χ0v) is 12.6. The molecule has 0 saturated heterocycles. The van der Waals surface area contributed by atoms with Crippen molar-refractivity contribution in [2.45, 2.75) is 0 Å². The minimum Gasteiger partial charge on any atom is -0.192 e. The molecule has 0 aliphatic rings. The van der Waals surface area contributed by atoms with Gasteiger partial charge in [-0.05, 0) is 22.8 Å². The molecule has 110 valence electrons. The van der Waals surface area contributed by atoms with Gasteiger partial charge in [0.25, 0.3) is 0 Å². The number of hydrogen-bond donors (Lipinski definition) is 0. The Hall–Kier alpha value is -4.12. The average Bonchev–Trinajstić information content (AvgIpc) is 2.64. The second-order valence-corrected chi connectivity index (χ2v) is 4.73. The topological polar surface area (TPSA) is 56.3 Å². The Kier molecular flexibility index (Phi) is 4.90. The van der Waals surface area contributed by atoms with Crippen molar-refractivity contribution >= 4 is 17.5 Å². The zero-order chi connectivity index (χ0) is 17.5. The van der Waals surface area contributed by atoms with E-state index in [1.807, 2.05) is 36.4 Å². The number of hydrogen-bond acceptors (Lipinski definition) is 2. The van der Waals surface area contributed by atoms with E-state index in [4.69, 9.17) is 13.1 Å². The minimum absolute atomic E-state index is 0.0171. The maximum absolute atomic E-state index is 9.18. The zero-order valence-electron chi connectivity index (χ0n) is 12.6. The Morgan fingerprint density at radius 1 is 1.00 bits per heavy atom. The summed E-state index contributed by atoms with van der Waals surface area (Å²) in [5.41, 5.74) is 2.34. The van der Waals surface area contributed by atoms with Gasteiger partial charge in [-0.25, -0.2) is 0 Å². The van der Waals surface area contributed by atoms with Gasteiger partial charge in [0.15, 0.2) is 0 Å². The van der Waals surface area contributed by atoms with E-state index in [0.717, 1.165) is 11.1 Å². The molecule has 4 nitrogen and oxygen atoms in total. The first-order valence-corrected chi connectivity index (χ1v) is 6.85. The molecule has 0 bridgehead atoms. The largest absolute Gasteiger partial charge is 0.526 e. The lowest BCUT2D eigenvalue weighted by atomic mass is 9.98. The van der Waals surface area contributed by atoms with Gasteiger partial charge >= 0.3 is 5.82 Å². The number of nitrogens with zero attached hydrogens (tertiary/aromatic N) is 4. The van der Waals surface area contributed by atoms with E-state index in [0.29, 0.717) is 16.0 Å². The minimum atomic E-state index is -0.0547. The number of benzene rings is 2. The molecule has 0 aromatic heterocycles. The van der Waals surface area contributed by atoms with Crippen molar-refractivity contribution in [3.05, 3.63) is 87.9 Å². The van der Waals surface area contributed by atoms with Gasteiger partial charge in [0.1, 0.15) is 30.9 Å². The van der Waals surface area contributed by atoms with E-state index in [1.54, 1.807) is 24.3 Å². The first-order valence-electron chi connectivity index (χ1n) is 6.85. The molecule has 0 radical (unpaired) electrons. The van der Waals surface area contributed by atoms with Gasteiger partial charge in [0.2, 0.25) is 0 Å². The lowest BCUT2D eigenvalue weighted by Crippen LogP contribution is -2.15. The highest BCUT2D eigenvalue weighted by Crippen LogP contribution is 2.17. The van der Waals surface area contributed by atoms with Crippen LogP contribution in [-0.4, -0.2) is 0 Å². The summed E-state index contributed by atoms with van der Waals surface area (Å²) in [6, 6.07) is 16.1. The van der Waals surface area contributed by atoms with Crippen molar-refractivity contribution in [3.63, 3.8) is 0 Å². The highest BCUT2D eigenvalue weighted by atomic mass is 14.9. The van der Waals surface area contributed by atoms with Gasteiger partial charge in [-0.1, -0.05) is 49.1 Å². The van der Waals surface area contributed by atoms with Gasteiger partial charge < -0.3 is 0 Å². The molecule has 0 atom stereocenters. The van der Waals surface area contributed by atoms with Crippen LogP contribution >= 0.6 is 0 Å². The lowest BCUT2D eigenvalue weighted by Gasteiger charge is -2.04. The van der Waals surface area contributed by atoms with Crippen LogP contribution in [0.1, 0.15) is 5.56 Å². The molecule has 0 saturated carbocycles. The summed E-state index contributed by atoms with van der Waals surface area (Å²) in [6.07, 6.45) is 1.72. The Labute approximate surface area is 139 Å². The summed E-state index contributed by atoms with van der Waals surface area (Å²) in [4.78, 5) is 6.43. The van der Waals surface area contributed by atoms with E-state index in [2.05, 4.69) is 16.3 Å². The van der Waals surface area contributed by atoms with Crippen LogP contribution < -0.4 is 10.4 Å². The highest BCUT2D eigenvalue weighted by Gasteiger charge is 2.09. The first kappa shape index (κ1) is 16.3. The molecule has 0 aliphatic heterocycles. The summed E-state index contributed by atoms with van der Waals surface area (Å²) < 4.78 is 0. The fourth-order valence-corrected chi connectivity index (χ4v) is 2.24. The lowest BCUT2D eigenvalue weighted by molar-refractivity contribution is 1.46. The number of nitriles is 2. The molecule has 24 heavy (non-hydrogen) atoms. The predicted octanol–water partition coefficient (Wildman–Crippen LogP) is 3.10. The SMILES string of the molecule is [C-]#[N+]C([N+]#[C-])=c1ccc(=C(C#N)C#N)c(-c2ccc(C=C)cc2)c1. The molecular formula is C20H10N4. The van der Waals surface area contributed by atoms with Crippen molar-refractivity contribution in [1.82, 2.24) is 0 Å². The Morgan fingerprint density at radius 2 is 1.62 bits per heavy atom. The number of rotatable bonds is 2. The van der Waals surface area contributed by atoms with E-state index < -0.39 is 0 Å². The Bertz CT molecular complexity index is 1060. The molecule has 0 amide bonds. The standard InChI is InChI=1S/C20H10N4/c1-4-14-5-7-15(8-6-14)19-11-16(20(23-2)24-3)9-10-18(19)17(12-21)13-22/h4-11H,1H2. The Balaban J connectivity index is 2.95. The van der Waals surface area contributed by atoms with E-state index in [9.17, 15) is 10.5 Å². The third-order valence-electron chi connectivity index (χ3n) is 3.44. The van der Waals surface area contributed by atoms with Crippen LogP contribution in [0, 0.1) is 35.8 Å². The van der Waals surface area contributed by atoms with E-state index >= 15 is 0 Å². The molecule has 2 rings (SSSR count). The fourth-order valence-electron chi connectivity index (χ4n) is 2.24. The summed E-state index contributed by atoms with van der Waals surface area (Å²) in [5.74, 6) is -0.0547. The maximum Gasteiger partial charge on any atom is 0.526 e. The molecule has 0 unspecified atom stereocenters. The molecule has 0 heterocycles. The monoisotopic (exact) mass is 306 g/mol. The molecule has 0 spiro atoms. The van der Waals surface area contributed by atoms with Gasteiger partial charge in [-0.3, -0.25) is 0 Å². The van der Waals surface area contributed by atoms with Crippen LogP contribution in [0.3, 0.4) is 0 Å². The molecule has 4 heteroatoms. The summed E-state index contributed by atoms with van der Waals surface area (Å²) in [5, 5.41) is 19.3. The third-order valence-corrected chi connectivity index (χ3v) is 3.44. The van der Waals surface area contributed by atoms with Crippen molar-refractivity contribution in [3.8, 4) is 23.3 Å². The summed E-state index contributed by atoms with van der Waals surface area (Å²) >= 11 is 0. The fraction of sp³-hybridized carbons (Fsp3) is 0. The van der Waals surface area contributed by atoms with Crippen molar-refractivity contribution in [2.75, 3.05) is 0 Å². The summed E-state index contributed by atoms with van der Waals surface area (Å²) in [6.45, 7) is 17.9. The van der Waals surface area contributed by atoms with E-state index in [-0.39, 0.29) is 11.4 Å². The molecule has 2 aromatic carbocycles. The summed E-state index contributed by atoms with van der Waals surface area (Å²) in [7, 11) is 0. The molecule has 0 aliphatic carbocycles. The molecule has 0 fully saturated rings. The Morgan fingerprint density at radius 3 is 2.12 bits per heavy atom. The van der Waals surface area contributed by atoms with Crippen LogP contribution in [0.25, 0.3) is 38.3 Å². The maximum atomic E-state index is 9.18. The normalized spacial score (nSPS) is 8.83. The third kappa shape index (κ3) is 3.05. The van der Waals surface area contributed by atoms with Crippen LogP contribution in [0.2, 0.25) is 0 Å². The van der Waals surface area contributed by atoms with Gasteiger partial charge in [0, 0.05) is 5.22 Å². The molecule has 0 N–H and O–H groups in total. The van der Waals surface area contributed by atoms with E-state index in [1.165, 1.54) is 0 Å². The van der Waals surface area contributed by atoms with Crippen molar-refractivity contribution in [2.24, 2.45) is 0 Å². The second-order valence-electron chi connectivity index (χ2n) is 4.73.